The molecule has 2 N–H and O–H groups in total. The van der Waals surface area contributed by atoms with Crippen LogP contribution in [0.1, 0.15) is 22.0 Å². The summed E-state index contributed by atoms with van der Waals surface area (Å²) in [7, 11) is 0. The van der Waals surface area contributed by atoms with E-state index in [0.29, 0.717) is 24.5 Å². The van der Waals surface area contributed by atoms with Gasteiger partial charge in [0.15, 0.2) is 0 Å². The van der Waals surface area contributed by atoms with Crippen LogP contribution in [0.4, 0.5) is 0 Å². The Bertz CT molecular complexity index is 656. The largest absolute Gasteiger partial charge is 0.465 e. The van der Waals surface area contributed by atoms with E-state index >= 15 is 0 Å². The molecular weight excluding hydrogens is 258 g/mol. The summed E-state index contributed by atoms with van der Waals surface area (Å²) in [6.07, 6.45) is 1.80. The van der Waals surface area contributed by atoms with Gasteiger partial charge in [0.1, 0.15) is 23.3 Å². The molecule has 20 heavy (non-hydrogen) atoms. The third-order valence-corrected chi connectivity index (χ3v) is 3.30. The Morgan fingerprint density at radius 2 is 2.35 bits per heavy atom. The molecule has 2 amide bonds. The topological polar surface area (TPSA) is 76.3 Å². The predicted molar refractivity (Wildman–Crippen MR) is 71.0 cm³/mol. The second-order valence-corrected chi connectivity index (χ2v) is 4.80. The van der Waals surface area contributed by atoms with Crippen LogP contribution in [0.25, 0.3) is 0 Å². The number of carbonyl (C=O) groups is 2. The van der Waals surface area contributed by atoms with E-state index in [1.54, 1.807) is 22.9 Å². The molecule has 1 aliphatic rings. The fourth-order valence-electron chi connectivity index (χ4n) is 2.28. The number of amides is 2. The van der Waals surface area contributed by atoms with Crippen LogP contribution < -0.4 is 10.6 Å². The van der Waals surface area contributed by atoms with E-state index in [4.69, 9.17) is 4.42 Å². The monoisotopic (exact) mass is 273 g/mol. The number of carbonyl (C=O) groups excluding carboxylic acids is 2. The minimum Gasteiger partial charge on any atom is -0.465 e. The van der Waals surface area contributed by atoms with Crippen molar-refractivity contribution < 1.29 is 14.0 Å². The molecule has 1 aliphatic heterocycles. The van der Waals surface area contributed by atoms with Crippen molar-refractivity contribution in [3.63, 3.8) is 0 Å². The highest BCUT2D eigenvalue weighted by molar-refractivity contribution is 5.97. The molecule has 2 aromatic rings. The molecule has 3 rings (SSSR count). The van der Waals surface area contributed by atoms with E-state index in [-0.39, 0.29) is 11.8 Å². The van der Waals surface area contributed by atoms with Gasteiger partial charge < -0.3 is 19.6 Å². The Labute approximate surface area is 115 Å². The van der Waals surface area contributed by atoms with Gasteiger partial charge in [-0.1, -0.05) is 0 Å². The van der Waals surface area contributed by atoms with Gasteiger partial charge in [0.25, 0.3) is 5.91 Å². The Morgan fingerprint density at radius 3 is 3.10 bits per heavy atom. The van der Waals surface area contributed by atoms with Crippen LogP contribution in [0, 0.1) is 6.92 Å². The van der Waals surface area contributed by atoms with Crippen molar-refractivity contribution in [1.82, 2.24) is 15.2 Å². The van der Waals surface area contributed by atoms with Crippen LogP contribution in [0.15, 0.2) is 34.9 Å². The van der Waals surface area contributed by atoms with Crippen molar-refractivity contribution >= 4 is 11.8 Å². The highest BCUT2D eigenvalue weighted by Crippen LogP contribution is 2.10. The highest BCUT2D eigenvalue weighted by Gasteiger charge is 2.28. The van der Waals surface area contributed by atoms with Gasteiger partial charge in [0, 0.05) is 6.20 Å². The van der Waals surface area contributed by atoms with Gasteiger partial charge in [-0.15, -0.1) is 0 Å². The molecular formula is C14H15N3O3. The molecule has 1 unspecified atom stereocenters. The highest BCUT2D eigenvalue weighted by atomic mass is 16.3. The predicted octanol–water partition coefficient (Wildman–Crippen LogP) is 0.818. The smallest absolute Gasteiger partial charge is 0.268 e. The lowest BCUT2D eigenvalue weighted by Crippen LogP contribution is -2.52. The molecule has 0 saturated heterocycles. The molecule has 2 aromatic heterocycles. The number of hydrogen-bond donors (Lipinski definition) is 2. The molecule has 0 saturated carbocycles. The molecule has 0 spiro atoms. The number of nitrogens with one attached hydrogen (secondary N) is 2. The van der Waals surface area contributed by atoms with E-state index in [1.807, 2.05) is 19.1 Å². The summed E-state index contributed by atoms with van der Waals surface area (Å²) in [5.74, 6) is 1.05. The van der Waals surface area contributed by atoms with E-state index in [1.165, 1.54) is 0 Å². The van der Waals surface area contributed by atoms with Crippen molar-refractivity contribution in [3.05, 3.63) is 47.7 Å². The van der Waals surface area contributed by atoms with Crippen molar-refractivity contribution in [2.75, 3.05) is 0 Å². The Balaban J connectivity index is 1.62. The summed E-state index contributed by atoms with van der Waals surface area (Å²) in [5.41, 5.74) is 0.579. The first kappa shape index (κ1) is 12.5. The maximum Gasteiger partial charge on any atom is 0.268 e. The fraction of sp³-hybridized carbons (Fsp3) is 0.286. The second kappa shape index (κ2) is 4.88. The SMILES string of the molecule is Cc1ccc(CNC(=O)C2Cn3cccc3C(=O)N2)o1. The van der Waals surface area contributed by atoms with Gasteiger partial charge in [-0.3, -0.25) is 9.59 Å². The average molecular weight is 273 g/mol. The molecule has 6 heteroatoms. The Kier molecular flexibility index (Phi) is 3.06. The maximum atomic E-state index is 12.1. The summed E-state index contributed by atoms with van der Waals surface area (Å²) in [5, 5.41) is 5.46. The van der Waals surface area contributed by atoms with Gasteiger partial charge in [-0.2, -0.15) is 0 Å². The van der Waals surface area contributed by atoms with Gasteiger partial charge in [-0.25, -0.2) is 0 Å². The van der Waals surface area contributed by atoms with Crippen LogP contribution in [-0.2, 0) is 17.9 Å². The number of aryl methyl sites for hydroxylation is 1. The zero-order valence-electron chi connectivity index (χ0n) is 11.1. The lowest BCUT2D eigenvalue weighted by molar-refractivity contribution is -0.123. The summed E-state index contributed by atoms with van der Waals surface area (Å²) >= 11 is 0. The summed E-state index contributed by atoms with van der Waals surface area (Å²) in [6.45, 7) is 2.61. The first-order chi connectivity index (χ1) is 9.63. The third kappa shape index (κ3) is 2.32. The van der Waals surface area contributed by atoms with Crippen molar-refractivity contribution in [3.8, 4) is 0 Å². The molecule has 1 atom stereocenters. The second-order valence-electron chi connectivity index (χ2n) is 4.80. The number of fused-ring (bicyclic) bond motifs is 1. The molecule has 0 aromatic carbocycles. The molecule has 104 valence electrons. The van der Waals surface area contributed by atoms with E-state index in [2.05, 4.69) is 10.6 Å². The van der Waals surface area contributed by atoms with Crippen molar-refractivity contribution in [1.29, 1.82) is 0 Å². The van der Waals surface area contributed by atoms with Gasteiger partial charge in [0.2, 0.25) is 5.91 Å². The first-order valence-corrected chi connectivity index (χ1v) is 6.42. The van der Waals surface area contributed by atoms with E-state index in [0.717, 1.165) is 5.76 Å². The standard InChI is InChI=1S/C14H15N3O3/c1-9-4-5-10(20-9)7-15-13(18)11-8-17-6-2-3-12(17)14(19)16-11/h2-6,11H,7-8H2,1H3,(H,15,18)(H,16,19). The van der Waals surface area contributed by atoms with Gasteiger partial charge in [-0.05, 0) is 31.2 Å². The molecule has 3 heterocycles. The van der Waals surface area contributed by atoms with Gasteiger partial charge >= 0.3 is 0 Å². The number of hydrogen-bond acceptors (Lipinski definition) is 3. The van der Waals surface area contributed by atoms with Crippen molar-refractivity contribution in [2.24, 2.45) is 0 Å². The van der Waals surface area contributed by atoms with Crippen LogP contribution in [0.2, 0.25) is 0 Å². The zero-order chi connectivity index (χ0) is 14.1. The van der Waals surface area contributed by atoms with Crippen LogP contribution in [-0.4, -0.2) is 22.4 Å². The third-order valence-electron chi connectivity index (χ3n) is 3.30. The van der Waals surface area contributed by atoms with Crippen LogP contribution >= 0.6 is 0 Å². The van der Waals surface area contributed by atoms with Crippen LogP contribution in [0.5, 0.6) is 0 Å². The van der Waals surface area contributed by atoms with Crippen molar-refractivity contribution in [2.45, 2.75) is 26.1 Å². The number of aromatic nitrogens is 1. The minimum atomic E-state index is -0.557. The lowest BCUT2D eigenvalue weighted by Gasteiger charge is -2.24. The molecule has 0 fully saturated rings. The van der Waals surface area contributed by atoms with Crippen LogP contribution in [0.3, 0.4) is 0 Å². The quantitative estimate of drug-likeness (QED) is 0.869. The number of furan rings is 1. The minimum absolute atomic E-state index is 0.216. The fourth-order valence-corrected chi connectivity index (χ4v) is 2.28. The number of rotatable bonds is 3. The Morgan fingerprint density at radius 1 is 1.50 bits per heavy atom. The normalized spacial score (nSPS) is 17.4. The summed E-state index contributed by atoms with van der Waals surface area (Å²) in [6, 6.07) is 6.63. The van der Waals surface area contributed by atoms with Gasteiger partial charge in [0.05, 0.1) is 13.1 Å². The summed E-state index contributed by atoms with van der Waals surface area (Å²) < 4.78 is 7.16. The first-order valence-electron chi connectivity index (χ1n) is 6.42. The zero-order valence-corrected chi connectivity index (χ0v) is 11.1. The van der Waals surface area contributed by atoms with E-state index in [9.17, 15) is 9.59 Å². The number of nitrogens with zero attached hydrogens (tertiary/aromatic N) is 1. The molecule has 0 aliphatic carbocycles. The lowest BCUT2D eigenvalue weighted by atomic mass is 10.2. The Hall–Kier alpha value is -2.50. The summed E-state index contributed by atoms with van der Waals surface area (Å²) in [4.78, 5) is 23.9. The average Bonchev–Trinajstić information content (AvgIpc) is 3.04. The molecule has 6 nitrogen and oxygen atoms in total. The maximum absolute atomic E-state index is 12.1. The van der Waals surface area contributed by atoms with E-state index < -0.39 is 6.04 Å². The molecule has 0 radical (unpaired) electrons. The molecule has 0 bridgehead atoms.